The molecule has 0 aliphatic rings. The van der Waals surface area contributed by atoms with E-state index in [4.69, 9.17) is 0 Å². The van der Waals surface area contributed by atoms with Crippen LogP contribution in [-0.4, -0.2) is 20.5 Å². The summed E-state index contributed by atoms with van der Waals surface area (Å²) in [6.45, 7) is 5.82. The van der Waals surface area contributed by atoms with E-state index in [2.05, 4.69) is 15.4 Å². The molecule has 0 saturated heterocycles. The molecule has 0 fully saturated rings. The highest BCUT2D eigenvalue weighted by Gasteiger charge is 2.06. The average molecular weight is 306 g/mol. The molecular formula is C18H18N4O. The topological polar surface area (TPSA) is 59.3 Å². The van der Waals surface area contributed by atoms with Gasteiger partial charge in [0.15, 0.2) is 5.65 Å². The zero-order valence-electron chi connectivity index (χ0n) is 13.4. The lowest BCUT2D eigenvalue weighted by Gasteiger charge is -2.04. The van der Waals surface area contributed by atoms with Gasteiger partial charge in [-0.2, -0.15) is 5.10 Å². The Morgan fingerprint density at radius 3 is 2.65 bits per heavy atom. The number of aryl methyl sites for hydroxylation is 3. The Morgan fingerprint density at radius 2 is 1.91 bits per heavy atom. The molecule has 0 aliphatic carbocycles. The quantitative estimate of drug-likeness (QED) is 0.755. The van der Waals surface area contributed by atoms with Gasteiger partial charge in [-0.05, 0) is 44.0 Å². The van der Waals surface area contributed by atoms with Gasteiger partial charge in [0.2, 0.25) is 5.91 Å². The van der Waals surface area contributed by atoms with Gasteiger partial charge in [-0.15, -0.1) is 0 Å². The van der Waals surface area contributed by atoms with E-state index in [1.54, 1.807) is 16.8 Å². The molecule has 0 bridgehead atoms. The molecule has 2 aromatic heterocycles. The van der Waals surface area contributed by atoms with E-state index in [0.29, 0.717) is 11.5 Å². The summed E-state index contributed by atoms with van der Waals surface area (Å²) < 4.78 is 1.68. The molecule has 5 heteroatoms. The number of carbonyl (C=O) groups is 1. The number of anilines is 1. The lowest BCUT2D eigenvalue weighted by atomic mass is 10.1. The van der Waals surface area contributed by atoms with Crippen LogP contribution >= 0.6 is 0 Å². The van der Waals surface area contributed by atoms with Crippen LogP contribution in [0.15, 0.2) is 42.6 Å². The molecule has 0 spiro atoms. The molecule has 2 heterocycles. The first-order valence-electron chi connectivity index (χ1n) is 7.40. The largest absolute Gasteiger partial charge is 0.321 e. The van der Waals surface area contributed by atoms with Crippen LogP contribution in [0.3, 0.4) is 0 Å². The number of amides is 1. The zero-order valence-corrected chi connectivity index (χ0v) is 13.4. The minimum absolute atomic E-state index is 0.179. The SMILES string of the molecule is Cc1ccc(/C=C/C(=O)Nc2cc(C)c3nc(C)nn3c2)cc1. The third-order valence-corrected chi connectivity index (χ3v) is 3.50. The Morgan fingerprint density at radius 1 is 1.17 bits per heavy atom. The van der Waals surface area contributed by atoms with Crippen molar-refractivity contribution in [3.05, 3.63) is 65.1 Å². The van der Waals surface area contributed by atoms with E-state index in [1.807, 2.05) is 51.1 Å². The molecule has 0 atom stereocenters. The zero-order chi connectivity index (χ0) is 16.4. The summed E-state index contributed by atoms with van der Waals surface area (Å²) >= 11 is 0. The van der Waals surface area contributed by atoms with Gasteiger partial charge in [-0.1, -0.05) is 29.8 Å². The molecule has 5 nitrogen and oxygen atoms in total. The highest BCUT2D eigenvalue weighted by atomic mass is 16.1. The van der Waals surface area contributed by atoms with Crippen molar-refractivity contribution in [2.75, 3.05) is 5.32 Å². The van der Waals surface area contributed by atoms with Gasteiger partial charge < -0.3 is 5.32 Å². The van der Waals surface area contributed by atoms with Crippen LogP contribution in [-0.2, 0) is 4.79 Å². The lowest BCUT2D eigenvalue weighted by Crippen LogP contribution is -2.09. The maximum Gasteiger partial charge on any atom is 0.248 e. The van der Waals surface area contributed by atoms with Crippen molar-refractivity contribution in [1.82, 2.24) is 14.6 Å². The fourth-order valence-electron chi connectivity index (χ4n) is 2.36. The molecule has 1 amide bonds. The minimum Gasteiger partial charge on any atom is -0.321 e. The normalized spacial score (nSPS) is 11.3. The number of hydrogen-bond donors (Lipinski definition) is 1. The van der Waals surface area contributed by atoms with Crippen molar-refractivity contribution in [2.24, 2.45) is 0 Å². The number of benzene rings is 1. The van der Waals surface area contributed by atoms with Gasteiger partial charge in [0.05, 0.1) is 11.9 Å². The van der Waals surface area contributed by atoms with Crippen molar-refractivity contribution >= 4 is 23.3 Å². The van der Waals surface area contributed by atoms with E-state index in [9.17, 15) is 4.79 Å². The second kappa shape index (κ2) is 6.04. The Labute approximate surface area is 134 Å². The first kappa shape index (κ1) is 15.0. The van der Waals surface area contributed by atoms with Crippen LogP contribution in [0, 0.1) is 20.8 Å². The van der Waals surface area contributed by atoms with Crippen LogP contribution in [0.1, 0.15) is 22.5 Å². The highest BCUT2D eigenvalue weighted by molar-refractivity contribution is 6.02. The van der Waals surface area contributed by atoms with Gasteiger partial charge in [0.1, 0.15) is 5.82 Å². The number of pyridine rings is 1. The van der Waals surface area contributed by atoms with Crippen molar-refractivity contribution in [1.29, 1.82) is 0 Å². The van der Waals surface area contributed by atoms with Crippen molar-refractivity contribution < 1.29 is 4.79 Å². The van der Waals surface area contributed by atoms with Crippen LogP contribution in [0.2, 0.25) is 0 Å². The van der Waals surface area contributed by atoms with Gasteiger partial charge in [-0.3, -0.25) is 4.79 Å². The predicted octanol–water partition coefficient (Wildman–Crippen LogP) is 3.31. The number of aromatic nitrogens is 3. The van der Waals surface area contributed by atoms with Crippen molar-refractivity contribution in [2.45, 2.75) is 20.8 Å². The molecule has 116 valence electrons. The molecule has 1 N–H and O–H groups in total. The predicted molar refractivity (Wildman–Crippen MR) is 91.3 cm³/mol. The highest BCUT2D eigenvalue weighted by Crippen LogP contribution is 2.15. The summed E-state index contributed by atoms with van der Waals surface area (Å²) in [5.41, 5.74) is 4.64. The Bertz CT molecular complexity index is 891. The number of rotatable bonds is 3. The van der Waals surface area contributed by atoms with Crippen LogP contribution in [0.5, 0.6) is 0 Å². The van der Waals surface area contributed by atoms with Crippen LogP contribution < -0.4 is 5.32 Å². The average Bonchev–Trinajstić information content (AvgIpc) is 2.88. The van der Waals surface area contributed by atoms with Crippen LogP contribution in [0.25, 0.3) is 11.7 Å². The van der Waals surface area contributed by atoms with E-state index >= 15 is 0 Å². The molecule has 0 saturated carbocycles. The standard InChI is InChI=1S/C18H18N4O/c1-12-4-6-15(7-5-12)8-9-17(23)20-16-10-13(2)18-19-14(3)21-22(18)11-16/h4-11H,1-3H3,(H,20,23)/b9-8+. The molecule has 3 rings (SSSR count). The fourth-order valence-corrected chi connectivity index (χ4v) is 2.36. The van der Waals surface area contributed by atoms with E-state index < -0.39 is 0 Å². The third-order valence-electron chi connectivity index (χ3n) is 3.50. The summed E-state index contributed by atoms with van der Waals surface area (Å²) in [6, 6.07) is 9.88. The van der Waals surface area contributed by atoms with Crippen molar-refractivity contribution in [3.63, 3.8) is 0 Å². The van der Waals surface area contributed by atoms with Crippen molar-refractivity contribution in [3.8, 4) is 0 Å². The Hall–Kier alpha value is -2.95. The molecule has 23 heavy (non-hydrogen) atoms. The summed E-state index contributed by atoms with van der Waals surface area (Å²) in [5.74, 6) is 0.525. The molecular weight excluding hydrogens is 288 g/mol. The van der Waals surface area contributed by atoms with Gasteiger partial charge in [0.25, 0.3) is 0 Å². The minimum atomic E-state index is -0.179. The Kier molecular flexibility index (Phi) is 3.93. The molecule has 0 aliphatic heterocycles. The van der Waals surface area contributed by atoms with E-state index in [-0.39, 0.29) is 5.91 Å². The van der Waals surface area contributed by atoms with E-state index in [0.717, 1.165) is 16.8 Å². The molecule has 1 aromatic carbocycles. The Balaban J connectivity index is 1.76. The van der Waals surface area contributed by atoms with E-state index in [1.165, 1.54) is 11.6 Å². The molecule has 0 radical (unpaired) electrons. The van der Waals surface area contributed by atoms with Gasteiger partial charge in [0, 0.05) is 6.08 Å². The number of fused-ring (bicyclic) bond motifs is 1. The third kappa shape index (κ3) is 3.45. The monoisotopic (exact) mass is 306 g/mol. The maximum absolute atomic E-state index is 12.1. The fraction of sp³-hybridized carbons (Fsp3) is 0.167. The smallest absolute Gasteiger partial charge is 0.248 e. The summed E-state index contributed by atoms with van der Waals surface area (Å²) in [5, 5.41) is 7.13. The first-order valence-corrected chi connectivity index (χ1v) is 7.40. The van der Waals surface area contributed by atoms with Crippen LogP contribution in [0.4, 0.5) is 5.69 Å². The first-order chi connectivity index (χ1) is 11.0. The second-order valence-electron chi connectivity index (χ2n) is 5.57. The van der Waals surface area contributed by atoms with Gasteiger partial charge >= 0.3 is 0 Å². The second-order valence-corrected chi connectivity index (χ2v) is 5.57. The number of nitrogens with zero attached hydrogens (tertiary/aromatic N) is 3. The molecule has 0 unspecified atom stereocenters. The number of nitrogens with one attached hydrogen (secondary N) is 1. The maximum atomic E-state index is 12.1. The summed E-state index contributed by atoms with van der Waals surface area (Å²) in [6.07, 6.45) is 5.08. The summed E-state index contributed by atoms with van der Waals surface area (Å²) in [7, 11) is 0. The van der Waals surface area contributed by atoms with Gasteiger partial charge in [-0.25, -0.2) is 9.50 Å². The number of carbonyl (C=O) groups excluding carboxylic acids is 1. The number of hydrogen-bond acceptors (Lipinski definition) is 3. The molecule has 3 aromatic rings. The lowest BCUT2D eigenvalue weighted by molar-refractivity contribution is -0.111. The summed E-state index contributed by atoms with van der Waals surface area (Å²) in [4.78, 5) is 16.4.